The SMILES string of the molecule is Cc1nc2ccc(Br)cc2c(=O)n1N=Cc1cc([N+](=O)[O-])ccc1OCC(=O)O. The monoisotopic (exact) mass is 460 g/mol. The molecule has 3 rings (SSSR count). The molecule has 10 nitrogen and oxygen atoms in total. The van der Waals surface area contributed by atoms with Gasteiger partial charge in [0.15, 0.2) is 6.61 Å². The van der Waals surface area contributed by atoms with Crippen molar-refractivity contribution in [2.75, 3.05) is 6.61 Å². The molecule has 0 aliphatic rings. The van der Waals surface area contributed by atoms with Crippen LogP contribution in [-0.4, -0.2) is 38.5 Å². The zero-order valence-corrected chi connectivity index (χ0v) is 16.5. The number of hydrogen-bond donors (Lipinski definition) is 1. The number of halogens is 1. The average Bonchev–Trinajstić information content (AvgIpc) is 2.67. The number of aryl methyl sites for hydroxylation is 1. The van der Waals surface area contributed by atoms with E-state index in [1.54, 1.807) is 25.1 Å². The number of benzene rings is 2. The molecule has 2 aromatic carbocycles. The highest BCUT2D eigenvalue weighted by molar-refractivity contribution is 9.10. The number of ether oxygens (including phenoxy) is 1. The lowest BCUT2D eigenvalue weighted by molar-refractivity contribution is -0.384. The Bertz CT molecular complexity index is 1220. The van der Waals surface area contributed by atoms with Crippen LogP contribution in [0, 0.1) is 17.0 Å². The first kappa shape index (κ1) is 20.1. The molecule has 0 saturated heterocycles. The molecule has 0 aliphatic heterocycles. The van der Waals surface area contributed by atoms with Gasteiger partial charge >= 0.3 is 5.97 Å². The summed E-state index contributed by atoms with van der Waals surface area (Å²) in [5.41, 5.74) is -0.0219. The lowest BCUT2D eigenvalue weighted by atomic mass is 10.2. The normalized spacial score (nSPS) is 11.1. The van der Waals surface area contributed by atoms with E-state index in [1.165, 1.54) is 24.4 Å². The lowest BCUT2D eigenvalue weighted by Gasteiger charge is -2.08. The number of aromatic nitrogens is 2. The zero-order valence-electron chi connectivity index (χ0n) is 14.9. The minimum atomic E-state index is -1.21. The molecular weight excluding hydrogens is 448 g/mol. The molecule has 1 heterocycles. The summed E-state index contributed by atoms with van der Waals surface area (Å²) in [6.45, 7) is 0.957. The van der Waals surface area contributed by atoms with Crippen LogP contribution >= 0.6 is 15.9 Å². The Morgan fingerprint density at radius 3 is 2.83 bits per heavy atom. The summed E-state index contributed by atoms with van der Waals surface area (Å²) in [6.07, 6.45) is 1.18. The third-order valence-corrected chi connectivity index (χ3v) is 4.33. The molecule has 148 valence electrons. The van der Waals surface area contributed by atoms with Crippen molar-refractivity contribution in [3.8, 4) is 5.75 Å². The van der Waals surface area contributed by atoms with Crippen molar-refractivity contribution < 1.29 is 19.6 Å². The lowest BCUT2D eigenvalue weighted by Crippen LogP contribution is -2.20. The van der Waals surface area contributed by atoms with Crippen LogP contribution in [0.1, 0.15) is 11.4 Å². The van der Waals surface area contributed by atoms with E-state index >= 15 is 0 Å². The number of fused-ring (bicyclic) bond motifs is 1. The molecule has 1 N–H and O–H groups in total. The van der Waals surface area contributed by atoms with E-state index in [9.17, 15) is 19.7 Å². The van der Waals surface area contributed by atoms with E-state index < -0.39 is 23.1 Å². The first-order chi connectivity index (χ1) is 13.8. The van der Waals surface area contributed by atoms with Crippen LogP contribution in [0.25, 0.3) is 10.9 Å². The fraction of sp³-hybridized carbons (Fsp3) is 0.111. The van der Waals surface area contributed by atoms with Gasteiger partial charge in [0.25, 0.3) is 11.2 Å². The largest absolute Gasteiger partial charge is 0.481 e. The van der Waals surface area contributed by atoms with Gasteiger partial charge in [-0.05, 0) is 31.2 Å². The zero-order chi connectivity index (χ0) is 21.1. The molecule has 0 amide bonds. The van der Waals surface area contributed by atoms with Crippen molar-refractivity contribution in [3.63, 3.8) is 0 Å². The number of nitro groups is 1. The highest BCUT2D eigenvalue weighted by Gasteiger charge is 2.13. The van der Waals surface area contributed by atoms with Gasteiger partial charge in [0.2, 0.25) is 0 Å². The molecule has 0 spiro atoms. The summed E-state index contributed by atoms with van der Waals surface area (Å²) < 4.78 is 6.90. The average molecular weight is 461 g/mol. The molecule has 0 radical (unpaired) electrons. The first-order valence-corrected chi connectivity index (χ1v) is 8.92. The highest BCUT2D eigenvalue weighted by Crippen LogP contribution is 2.23. The van der Waals surface area contributed by atoms with Crippen LogP contribution in [0.5, 0.6) is 5.75 Å². The smallest absolute Gasteiger partial charge is 0.341 e. The molecule has 1 aromatic heterocycles. The number of rotatable bonds is 6. The van der Waals surface area contributed by atoms with Crippen LogP contribution in [0.15, 0.2) is 50.8 Å². The van der Waals surface area contributed by atoms with E-state index in [0.29, 0.717) is 21.2 Å². The van der Waals surface area contributed by atoms with Gasteiger partial charge in [0, 0.05) is 22.2 Å². The van der Waals surface area contributed by atoms with Crippen LogP contribution in [-0.2, 0) is 4.79 Å². The van der Waals surface area contributed by atoms with Crippen LogP contribution in [0.4, 0.5) is 5.69 Å². The second-order valence-corrected chi connectivity index (χ2v) is 6.76. The number of hydrogen-bond acceptors (Lipinski definition) is 7. The Balaban J connectivity index is 2.09. The van der Waals surface area contributed by atoms with Gasteiger partial charge in [-0.3, -0.25) is 14.9 Å². The van der Waals surface area contributed by atoms with E-state index in [1.807, 2.05) is 0 Å². The molecular formula is C18H13BrN4O6. The third-order valence-electron chi connectivity index (χ3n) is 3.84. The number of carbonyl (C=O) groups is 1. The van der Waals surface area contributed by atoms with Gasteiger partial charge in [-0.25, -0.2) is 9.78 Å². The Morgan fingerprint density at radius 1 is 1.38 bits per heavy atom. The highest BCUT2D eigenvalue weighted by atomic mass is 79.9. The van der Waals surface area contributed by atoms with Crippen molar-refractivity contribution in [1.29, 1.82) is 0 Å². The van der Waals surface area contributed by atoms with E-state index in [-0.39, 0.29) is 17.0 Å². The van der Waals surface area contributed by atoms with Crippen molar-refractivity contribution in [3.05, 3.63) is 72.7 Å². The molecule has 0 bridgehead atoms. The third kappa shape index (κ3) is 4.46. The molecule has 11 heteroatoms. The minimum Gasteiger partial charge on any atom is -0.481 e. The first-order valence-electron chi connectivity index (χ1n) is 8.12. The van der Waals surface area contributed by atoms with E-state index in [2.05, 4.69) is 26.0 Å². The fourth-order valence-corrected chi connectivity index (χ4v) is 2.90. The quantitative estimate of drug-likeness (QED) is 0.339. The van der Waals surface area contributed by atoms with Crippen molar-refractivity contribution in [2.45, 2.75) is 6.92 Å². The Kier molecular flexibility index (Phi) is 5.69. The van der Waals surface area contributed by atoms with Crippen LogP contribution in [0.2, 0.25) is 0 Å². The summed E-state index contributed by atoms with van der Waals surface area (Å²) in [7, 11) is 0. The number of aliphatic carboxylic acids is 1. The minimum absolute atomic E-state index is 0.0731. The summed E-state index contributed by atoms with van der Waals surface area (Å²) in [5, 5.41) is 24.3. The van der Waals surface area contributed by atoms with Crippen molar-refractivity contribution >= 4 is 44.7 Å². The van der Waals surface area contributed by atoms with Gasteiger partial charge in [0.1, 0.15) is 11.6 Å². The molecule has 0 aliphatic carbocycles. The van der Waals surface area contributed by atoms with Gasteiger partial charge in [-0.2, -0.15) is 9.78 Å². The van der Waals surface area contributed by atoms with E-state index in [0.717, 1.165) is 4.68 Å². The Labute approximate surface area is 171 Å². The predicted molar refractivity (Wildman–Crippen MR) is 108 cm³/mol. The number of nitro benzene ring substituents is 1. The predicted octanol–water partition coefficient (Wildman–Crippen LogP) is 2.72. The molecule has 0 unspecified atom stereocenters. The summed E-state index contributed by atoms with van der Waals surface area (Å²) in [5.74, 6) is -0.828. The second kappa shape index (κ2) is 8.19. The number of carboxylic acids is 1. The molecule has 0 fully saturated rings. The summed E-state index contributed by atoms with van der Waals surface area (Å²) in [6, 6.07) is 8.70. The maximum Gasteiger partial charge on any atom is 0.341 e. The standard InChI is InChI=1S/C18H13BrN4O6/c1-10-21-15-4-2-12(19)7-14(15)18(26)22(10)20-8-11-6-13(23(27)28)3-5-16(11)29-9-17(24)25/h2-8H,9H2,1H3,(H,24,25). The van der Waals surface area contributed by atoms with Crippen LogP contribution in [0.3, 0.4) is 0 Å². The fourth-order valence-electron chi connectivity index (χ4n) is 2.54. The van der Waals surface area contributed by atoms with Gasteiger partial charge in [-0.1, -0.05) is 15.9 Å². The number of carboxylic acid groups (broad SMARTS) is 1. The maximum atomic E-state index is 12.8. The van der Waals surface area contributed by atoms with Gasteiger partial charge < -0.3 is 9.84 Å². The second-order valence-electron chi connectivity index (χ2n) is 5.84. The maximum absolute atomic E-state index is 12.8. The number of nitrogens with zero attached hydrogens (tertiary/aromatic N) is 4. The summed E-state index contributed by atoms with van der Waals surface area (Å²) in [4.78, 5) is 38.3. The topological polar surface area (TPSA) is 137 Å². The molecule has 0 saturated carbocycles. The van der Waals surface area contributed by atoms with Gasteiger partial charge in [-0.15, -0.1) is 0 Å². The Morgan fingerprint density at radius 2 is 2.14 bits per heavy atom. The van der Waals surface area contributed by atoms with Crippen molar-refractivity contribution in [1.82, 2.24) is 9.66 Å². The Hall–Kier alpha value is -3.60. The van der Waals surface area contributed by atoms with Crippen molar-refractivity contribution in [2.24, 2.45) is 5.10 Å². The molecule has 0 atom stereocenters. The van der Waals surface area contributed by atoms with Crippen LogP contribution < -0.4 is 10.3 Å². The molecule has 3 aromatic rings. The molecule has 29 heavy (non-hydrogen) atoms. The van der Waals surface area contributed by atoms with Gasteiger partial charge in [0.05, 0.1) is 22.0 Å². The number of non-ortho nitro benzene ring substituents is 1. The van der Waals surface area contributed by atoms with E-state index in [4.69, 9.17) is 9.84 Å². The summed E-state index contributed by atoms with van der Waals surface area (Å²) >= 11 is 3.30.